The summed E-state index contributed by atoms with van der Waals surface area (Å²) in [5.74, 6) is 2.10. The fourth-order valence-corrected chi connectivity index (χ4v) is 6.35. The predicted octanol–water partition coefficient (Wildman–Crippen LogP) is 10.2. The minimum Gasteiger partial charge on any atom is -0.509 e. The number of rotatable bonds is 6. The average molecular weight is 798 g/mol. The van der Waals surface area contributed by atoms with Gasteiger partial charge < -0.3 is 9.30 Å². The molecule has 3 heterocycles. The minimum atomic E-state index is -0.00411. The fraction of sp³-hybridized carbons (Fsp3) is 0.220. The van der Waals surface area contributed by atoms with Gasteiger partial charge in [-0.05, 0) is 71.6 Å². The number of hydrogen-bond acceptors (Lipinski definition) is 3. The molecule has 0 N–H and O–H groups in total. The Bertz CT molecular complexity index is 2240. The maximum absolute atomic E-state index is 6.51. The first-order valence-electron chi connectivity index (χ1n) is 15.9. The predicted molar refractivity (Wildman–Crippen MR) is 188 cm³/mol. The summed E-state index contributed by atoms with van der Waals surface area (Å²) in [6.45, 7) is 15.1. The Morgan fingerprint density at radius 3 is 2.34 bits per heavy atom. The van der Waals surface area contributed by atoms with Crippen LogP contribution in [0.4, 0.5) is 0 Å². The maximum atomic E-state index is 6.51. The molecule has 0 amide bonds. The second-order valence-electron chi connectivity index (χ2n) is 13.1. The van der Waals surface area contributed by atoms with Crippen LogP contribution in [0.1, 0.15) is 55.8 Å². The third-order valence-corrected chi connectivity index (χ3v) is 8.74. The van der Waals surface area contributed by atoms with Gasteiger partial charge in [0.05, 0.1) is 5.69 Å². The zero-order valence-corrected chi connectivity index (χ0v) is 30.2. The van der Waals surface area contributed by atoms with Crippen molar-refractivity contribution in [1.29, 1.82) is 0 Å². The molecule has 0 aliphatic rings. The Morgan fingerprint density at radius 2 is 1.60 bits per heavy atom. The van der Waals surface area contributed by atoms with E-state index in [1.54, 1.807) is 0 Å². The van der Waals surface area contributed by atoms with Gasteiger partial charge in [-0.3, -0.25) is 4.68 Å². The first-order valence-corrected chi connectivity index (χ1v) is 15.9. The zero-order valence-electron chi connectivity index (χ0n) is 27.9. The molecule has 5 nitrogen and oxygen atoms in total. The molecule has 0 atom stereocenters. The molecule has 3 aromatic heterocycles. The van der Waals surface area contributed by atoms with Crippen LogP contribution in [0, 0.1) is 32.9 Å². The summed E-state index contributed by atoms with van der Waals surface area (Å²) in [6, 6.07) is 36.7. The number of aryl methyl sites for hydroxylation is 3. The van der Waals surface area contributed by atoms with Crippen molar-refractivity contribution in [2.45, 2.75) is 60.3 Å². The van der Waals surface area contributed by atoms with Crippen LogP contribution in [0.25, 0.3) is 44.4 Å². The van der Waals surface area contributed by atoms with Crippen molar-refractivity contribution >= 4 is 21.8 Å². The second kappa shape index (κ2) is 12.6. The zero-order chi connectivity index (χ0) is 32.2. The normalized spacial score (nSPS) is 11.6. The Hall–Kier alpha value is -4.47. The van der Waals surface area contributed by atoms with Crippen molar-refractivity contribution in [3.63, 3.8) is 0 Å². The van der Waals surface area contributed by atoms with E-state index < -0.39 is 0 Å². The molecule has 0 saturated heterocycles. The fourth-order valence-electron chi connectivity index (χ4n) is 6.35. The van der Waals surface area contributed by atoms with Crippen LogP contribution in [0.2, 0.25) is 0 Å². The Labute approximate surface area is 291 Å². The summed E-state index contributed by atoms with van der Waals surface area (Å²) >= 11 is 0. The van der Waals surface area contributed by atoms with Crippen LogP contribution in [-0.4, -0.2) is 19.3 Å². The molecular weight excluding hydrogens is 760 g/mol. The number of hydrogen-bond donors (Lipinski definition) is 0. The average Bonchev–Trinajstić information content (AvgIpc) is 3.52. The molecule has 0 saturated carbocycles. The van der Waals surface area contributed by atoms with Crippen molar-refractivity contribution in [1.82, 2.24) is 19.3 Å². The van der Waals surface area contributed by atoms with Crippen LogP contribution in [0.5, 0.6) is 11.5 Å². The molecule has 0 unspecified atom stereocenters. The third-order valence-electron chi connectivity index (χ3n) is 8.74. The van der Waals surface area contributed by atoms with Crippen molar-refractivity contribution in [3.8, 4) is 34.1 Å². The number of pyridine rings is 1. The monoisotopic (exact) mass is 797 g/mol. The van der Waals surface area contributed by atoms with Crippen LogP contribution >= 0.6 is 0 Å². The van der Waals surface area contributed by atoms with Gasteiger partial charge in [0, 0.05) is 34.5 Å². The summed E-state index contributed by atoms with van der Waals surface area (Å²) in [6.07, 6.45) is 2.87. The summed E-state index contributed by atoms with van der Waals surface area (Å²) in [5, 5.41) is 7.21. The molecule has 0 aliphatic carbocycles. The van der Waals surface area contributed by atoms with Crippen molar-refractivity contribution in [3.05, 3.63) is 131 Å². The van der Waals surface area contributed by atoms with E-state index in [-0.39, 0.29) is 26.5 Å². The number of nitrogens with zero attached hydrogens (tertiary/aromatic N) is 4. The standard InChI is InChI=1S/C41H38N4O.Pt/c1-8-29-14-17-37-36(22-29)35-16-15-33(25-38(35)44(37)39-23-31(18-19-42-39)41(5,6)7)46-34-21-26(2)20-32(24-34)45-28(4)40(27(3)43-45)30-12-10-9-11-13-30;/h9-23H,8H2,1-7H3;/q-2;+2. The van der Waals surface area contributed by atoms with Gasteiger partial charge in [0.1, 0.15) is 5.82 Å². The summed E-state index contributed by atoms with van der Waals surface area (Å²) in [7, 11) is 0. The van der Waals surface area contributed by atoms with E-state index >= 15 is 0 Å². The van der Waals surface area contributed by atoms with Crippen LogP contribution < -0.4 is 4.74 Å². The first-order chi connectivity index (χ1) is 22.1. The first kappa shape index (κ1) is 32.5. The van der Waals surface area contributed by atoms with E-state index in [9.17, 15) is 0 Å². The molecule has 0 bridgehead atoms. The van der Waals surface area contributed by atoms with E-state index in [2.05, 4.69) is 132 Å². The van der Waals surface area contributed by atoms with Crippen LogP contribution in [0.15, 0.2) is 91.1 Å². The van der Waals surface area contributed by atoms with Gasteiger partial charge in [-0.15, -0.1) is 35.7 Å². The van der Waals surface area contributed by atoms with Gasteiger partial charge in [0.25, 0.3) is 0 Å². The molecule has 0 fully saturated rings. The Balaban J connectivity index is 0.00000386. The third kappa shape index (κ3) is 6.05. The van der Waals surface area contributed by atoms with Crippen LogP contribution in [0.3, 0.4) is 0 Å². The van der Waals surface area contributed by atoms with E-state index in [1.807, 2.05) is 29.1 Å². The molecule has 47 heavy (non-hydrogen) atoms. The molecule has 6 heteroatoms. The van der Waals surface area contributed by atoms with Crippen LogP contribution in [-0.2, 0) is 32.9 Å². The molecule has 0 aliphatic heterocycles. The minimum absolute atomic E-state index is 0. The number of ether oxygens (including phenoxy) is 1. The Kier molecular flexibility index (Phi) is 8.72. The smallest absolute Gasteiger partial charge is 0.509 e. The molecule has 7 rings (SSSR count). The second-order valence-corrected chi connectivity index (χ2v) is 13.1. The van der Waals surface area contributed by atoms with Gasteiger partial charge in [-0.25, -0.2) is 4.98 Å². The largest absolute Gasteiger partial charge is 2.00 e. The van der Waals surface area contributed by atoms with Crippen molar-refractivity contribution in [2.24, 2.45) is 0 Å². The SMILES string of the molecule is CCc1ccc2c(c1)c1ccc(Oc3[c-]c(-n4nc(C)c(-c5ccccc5)c4C)cc(C)c3)[c-]c1n2-c1cc(C(C)(C)C)ccn1.[Pt+2]. The molecular formula is C41H38N4OPt. The van der Waals surface area contributed by atoms with Gasteiger partial charge in [0.2, 0.25) is 0 Å². The van der Waals surface area contributed by atoms with E-state index in [0.29, 0.717) is 11.5 Å². The van der Waals surface area contributed by atoms with E-state index in [4.69, 9.17) is 14.8 Å². The van der Waals surface area contributed by atoms with Gasteiger partial charge in [0.15, 0.2) is 0 Å². The van der Waals surface area contributed by atoms with E-state index in [1.165, 1.54) is 16.5 Å². The van der Waals surface area contributed by atoms with E-state index in [0.717, 1.165) is 62.4 Å². The van der Waals surface area contributed by atoms with Gasteiger partial charge in [-0.2, -0.15) is 16.7 Å². The molecule has 238 valence electrons. The van der Waals surface area contributed by atoms with Crippen molar-refractivity contribution in [2.75, 3.05) is 0 Å². The maximum Gasteiger partial charge on any atom is 2.00 e. The number of fused-ring (bicyclic) bond motifs is 3. The molecule has 4 aromatic carbocycles. The summed E-state index contributed by atoms with van der Waals surface area (Å²) in [5.41, 5.74) is 10.8. The summed E-state index contributed by atoms with van der Waals surface area (Å²) < 4.78 is 10.7. The molecule has 0 radical (unpaired) electrons. The summed E-state index contributed by atoms with van der Waals surface area (Å²) in [4.78, 5) is 4.83. The Morgan fingerprint density at radius 1 is 0.809 bits per heavy atom. The molecule has 0 spiro atoms. The number of aromatic nitrogens is 4. The van der Waals surface area contributed by atoms with Gasteiger partial charge in [-0.1, -0.05) is 82.6 Å². The van der Waals surface area contributed by atoms with Crippen molar-refractivity contribution < 1.29 is 25.8 Å². The quantitative estimate of drug-likeness (QED) is 0.158. The number of benzene rings is 4. The van der Waals surface area contributed by atoms with Gasteiger partial charge >= 0.3 is 21.1 Å². The topological polar surface area (TPSA) is 44.9 Å². The molecule has 7 aromatic rings.